The van der Waals surface area contributed by atoms with E-state index in [9.17, 15) is 13.2 Å². The molecule has 7 heteroatoms. The molecule has 0 fully saturated rings. The molecule has 0 aliphatic carbocycles. The van der Waals surface area contributed by atoms with Crippen LogP contribution in [-0.4, -0.2) is 27.2 Å². The summed E-state index contributed by atoms with van der Waals surface area (Å²) in [5.41, 5.74) is 1.38. The summed E-state index contributed by atoms with van der Waals surface area (Å²) in [5, 5.41) is 4.67. The second-order valence-corrected chi connectivity index (χ2v) is 7.91. The minimum absolute atomic E-state index is 0.0459. The van der Waals surface area contributed by atoms with E-state index < -0.39 is 10.0 Å². The molecule has 3 rings (SSSR count). The summed E-state index contributed by atoms with van der Waals surface area (Å²) in [6.45, 7) is 1.55. The number of nitrogens with one attached hydrogen (secondary N) is 2. The van der Waals surface area contributed by atoms with E-state index >= 15 is 0 Å². The number of methoxy groups -OCH3 is 1. The molecule has 0 radical (unpaired) electrons. The lowest BCUT2D eigenvalue weighted by Crippen LogP contribution is -2.16. The molecule has 27 heavy (non-hydrogen) atoms. The zero-order valence-electron chi connectivity index (χ0n) is 15.0. The van der Waals surface area contributed by atoms with E-state index in [1.54, 1.807) is 31.2 Å². The van der Waals surface area contributed by atoms with Gasteiger partial charge >= 0.3 is 0 Å². The summed E-state index contributed by atoms with van der Waals surface area (Å²) in [4.78, 5) is 12.7. The Morgan fingerprint density at radius 2 is 1.78 bits per heavy atom. The maximum Gasteiger partial charge on any atom is 0.256 e. The van der Waals surface area contributed by atoms with Gasteiger partial charge in [-0.2, -0.15) is 0 Å². The van der Waals surface area contributed by atoms with Gasteiger partial charge in [-0.1, -0.05) is 36.4 Å². The number of sulfonamides is 1. The summed E-state index contributed by atoms with van der Waals surface area (Å²) in [5.74, 6) is 0.0221. The van der Waals surface area contributed by atoms with Gasteiger partial charge in [-0.05, 0) is 35.9 Å². The predicted octanol–water partition coefficient (Wildman–Crippen LogP) is 3.86. The normalized spacial score (nSPS) is 11.2. The van der Waals surface area contributed by atoms with E-state index in [0.717, 1.165) is 10.8 Å². The van der Waals surface area contributed by atoms with Crippen LogP contribution in [0.5, 0.6) is 5.75 Å². The van der Waals surface area contributed by atoms with Gasteiger partial charge in [0.2, 0.25) is 10.0 Å². The largest absolute Gasteiger partial charge is 0.494 e. The quantitative estimate of drug-likeness (QED) is 0.676. The molecule has 1 amide bonds. The van der Waals surface area contributed by atoms with Gasteiger partial charge < -0.3 is 10.1 Å². The van der Waals surface area contributed by atoms with Crippen molar-refractivity contribution < 1.29 is 17.9 Å². The van der Waals surface area contributed by atoms with Crippen LogP contribution in [0.15, 0.2) is 60.7 Å². The van der Waals surface area contributed by atoms with Crippen LogP contribution in [0, 0.1) is 0 Å². The third-order valence-corrected chi connectivity index (χ3v) is 5.43. The number of fused-ring (bicyclic) bond motifs is 1. The number of benzene rings is 3. The molecule has 140 valence electrons. The Labute approximate surface area is 158 Å². The van der Waals surface area contributed by atoms with E-state index in [2.05, 4.69) is 10.0 Å². The highest BCUT2D eigenvalue weighted by Crippen LogP contribution is 2.29. The van der Waals surface area contributed by atoms with Crippen LogP contribution < -0.4 is 14.8 Å². The van der Waals surface area contributed by atoms with E-state index in [0.29, 0.717) is 22.7 Å². The first kappa shape index (κ1) is 18.7. The average molecular weight is 384 g/mol. The van der Waals surface area contributed by atoms with Crippen LogP contribution in [0.2, 0.25) is 0 Å². The van der Waals surface area contributed by atoms with Gasteiger partial charge in [-0.3, -0.25) is 9.52 Å². The van der Waals surface area contributed by atoms with Crippen molar-refractivity contribution >= 4 is 38.1 Å². The van der Waals surface area contributed by atoms with Gasteiger partial charge in [0, 0.05) is 17.3 Å². The SMILES string of the molecule is CCS(=O)(=O)Nc1ccc(NC(=O)c2cccc3ccccc23)cc1OC. The number of amides is 1. The molecule has 0 heterocycles. The molecule has 0 spiro atoms. The molecular formula is C20H20N2O4S. The van der Waals surface area contributed by atoms with Crippen molar-refractivity contribution in [3.05, 3.63) is 66.2 Å². The van der Waals surface area contributed by atoms with Gasteiger partial charge in [0.15, 0.2) is 0 Å². The number of hydrogen-bond donors (Lipinski definition) is 2. The van der Waals surface area contributed by atoms with Crippen molar-refractivity contribution in [3.8, 4) is 5.75 Å². The van der Waals surface area contributed by atoms with Crippen molar-refractivity contribution in [1.82, 2.24) is 0 Å². The van der Waals surface area contributed by atoms with E-state index in [4.69, 9.17) is 4.74 Å². The highest BCUT2D eigenvalue weighted by Gasteiger charge is 2.14. The molecule has 3 aromatic carbocycles. The molecule has 0 aromatic heterocycles. The van der Waals surface area contributed by atoms with Gasteiger partial charge in [-0.15, -0.1) is 0 Å². The maximum atomic E-state index is 12.7. The Kier molecular flexibility index (Phi) is 5.32. The fourth-order valence-electron chi connectivity index (χ4n) is 2.71. The first-order valence-corrected chi connectivity index (χ1v) is 10.1. The molecule has 0 bridgehead atoms. The lowest BCUT2D eigenvalue weighted by Gasteiger charge is -2.13. The van der Waals surface area contributed by atoms with Crippen molar-refractivity contribution in [2.45, 2.75) is 6.92 Å². The molecule has 0 saturated heterocycles. The second-order valence-electron chi connectivity index (χ2n) is 5.90. The summed E-state index contributed by atoms with van der Waals surface area (Å²) in [7, 11) is -1.99. The zero-order valence-corrected chi connectivity index (χ0v) is 15.8. The Balaban J connectivity index is 1.88. The highest BCUT2D eigenvalue weighted by molar-refractivity contribution is 7.92. The fourth-order valence-corrected chi connectivity index (χ4v) is 3.36. The number of carbonyl (C=O) groups excluding carboxylic acids is 1. The van der Waals surface area contributed by atoms with Crippen molar-refractivity contribution in [2.75, 3.05) is 22.9 Å². The Hall–Kier alpha value is -3.06. The van der Waals surface area contributed by atoms with Crippen LogP contribution in [0.25, 0.3) is 10.8 Å². The first-order valence-electron chi connectivity index (χ1n) is 8.41. The molecule has 3 aromatic rings. The Morgan fingerprint density at radius 3 is 2.52 bits per heavy atom. The van der Waals surface area contributed by atoms with E-state index in [1.807, 2.05) is 36.4 Å². The van der Waals surface area contributed by atoms with Crippen molar-refractivity contribution in [1.29, 1.82) is 0 Å². The zero-order chi connectivity index (χ0) is 19.4. The third-order valence-electron chi connectivity index (χ3n) is 4.14. The van der Waals surface area contributed by atoms with Crippen molar-refractivity contribution in [3.63, 3.8) is 0 Å². The van der Waals surface area contributed by atoms with Crippen LogP contribution in [0.4, 0.5) is 11.4 Å². The summed E-state index contributed by atoms with van der Waals surface area (Å²) in [6, 6.07) is 18.0. The van der Waals surface area contributed by atoms with Crippen LogP contribution in [-0.2, 0) is 10.0 Å². The number of hydrogen-bond acceptors (Lipinski definition) is 4. The lowest BCUT2D eigenvalue weighted by atomic mass is 10.0. The molecular weight excluding hydrogens is 364 g/mol. The Morgan fingerprint density at radius 1 is 1.04 bits per heavy atom. The second kappa shape index (κ2) is 7.67. The summed E-state index contributed by atoms with van der Waals surface area (Å²) < 4.78 is 31.3. The lowest BCUT2D eigenvalue weighted by molar-refractivity contribution is 0.102. The molecule has 0 saturated carbocycles. The van der Waals surface area contributed by atoms with Gasteiger partial charge in [0.1, 0.15) is 5.75 Å². The molecule has 2 N–H and O–H groups in total. The number of carbonyl (C=O) groups is 1. The molecule has 0 atom stereocenters. The van der Waals surface area contributed by atoms with Gasteiger partial charge in [0.05, 0.1) is 18.6 Å². The maximum absolute atomic E-state index is 12.7. The molecule has 0 aliphatic rings. The fraction of sp³-hybridized carbons (Fsp3) is 0.150. The molecule has 6 nitrogen and oxygen atoms in total. The summed E-state index contributed by atoms with van der Waals surface area (Å²) >= 11 is 0. The highest BCUT2D eigenvalue weighted by atomic mass is 32.2. The van der Waals surface area contributed by atoms with E-state index in [-0.39, 0.29) is 11.7 Å². The van der Waals surface area contributed by atoms with Crippen LogP contribution in [0.3, 0.4) is 0 Å². The topological polar surface area (TPSA) is 84.5 Å². The van der Waals surface area contributed by atoms with Crippen LogP contribution >= 0.6 is 0 Å². The Bertz CT molecular complexity index is 1090. The monoisotopic (exact) mass is 384 g/mol. The molecule has 0 aliphatic heterocycles. The third kappa shape index (κ3) is 4.20. The minimum Gasteiger partial charge on any atom is -0.494 e. The average Bonchev–Trinajstić information content (AvgIpc) is 2.68. The standard InChI is InChI=1S/C20H20N2O4S/c1-3-27(24,25)22-18-12-11-15(13-19(18)26-2)21-20(23)17-10-6-8-14-7-4-5-9-16(14)17/h4-13,22H,3H2,1-2H3,(H,21,23). The van der Waals surface area contributed by atoms with Gasteiger partial charge in [-0.25, -0.2) is 8.42 Å². The number of rotatable bonds is 6. The number of anilines is 2. The van der Waals surface area contributed by atoms with Crippen molar-refractivity contribution in [2.24, 2.45) is 0 Å². The first-order chi connectivity index (χ1) is 12.9. The minimum atomic E-state index is -3.43. The number of ether oxygens (including phenoxy) is 1. The smallest absolute Gasteiger partial charge is 0.256 e. The summed E-state index contributed by atoms with van der Waals surface area (Å²) in [6.07, 6.45) is 0. The molecule has 0 unspecified atom stereocenters. The van der Waals surface area contributed by atoms with E-state index in [1.165, 1.54) is 7.11 Å². The van der Waals surface area contributed by atoms with Gasteiger partial charge in [0.25, 0.3) is 5.91 Å². The van der Waals surface area contributed by atoms with Crippen LogP contribution in [0.1, 0.15) is 17.3 Å². The predicted molar refractivity (Wildman–Crippen MR) is 108 cm³/mol.